The van der Waals surface area contributed by atoms with Crippen LogP contribution in [0.3, 0.4) is 0 Å². The highest BCUT2D eigenvalue weighted by molar-refractivity contribution is 14.1. The van der Waals surface area contributed by atoms with E-state index in [1.807, 2.05) is 13.1 Å². The van der Waals surface area contributed by atoms with Crippen molar-refractivity contribution in [3.8, 4) is 0 Å². The molecule has 3 nitrogen and oxygen atoms in total. The van der Waals surface area contributed by atoms with Crippen LogP contribution in [-0.4, -0.2) is 17.0 Å². The van der Waals surface area contributed by atoms with Gasteiger partial charge in [0.1, 0.15) is 17.5 Å². The monoisotopic (exact) mass is 385 g/mol. The summed E-state index contributed by atoms with van der Waals surface area (Å²) in [7, 11) is 1.83. The molecule has 20 heavy (non-hydrogen) atoms. The summed E-state index contributed by atoms with van der Waals surface area (Å²) in [6.45, 7) is 4.19. The van der Waals surface area contributed by atoms with Crippen LogP contribution >= 0.6 is 22.6 Å². The van der Waals surface area contributed by atoms with E-state index in [4.69, 9.17) is 0 Å². The summed E-state index contributed by atoms with van der Waals surface area (Å²) < 4.78 is 14.7. The predicted octanol–water partition coefficient (Wildman–Crippen LogP) is 3.98. The molecule has 5 heteroatoms. The first-order valence-corrected chi connectivity index (χ1v) is 7.58. The molecule has 0 bridgehead atoms. The molecule has 0 spiro atoms. The lowest BCUT2D eigenvalue weighted by Crippen LogP contribution is -2.09. The van der Waals surface area contributed by atoms with E-state index in [0.29, 0.717) is 23.7 Å². The highest BCUT2D eigenvalue weighted by Crippen LogP contribution is 2.25. The zero-order chi connectivity index (χ0) is 14.7. The standard InChI is InChI=1S/C15H17FIN3/c1-9(2)14-13(17)15(18-3)20-12(19-14)8-10-6-4-5-7-11(10)16/h4-7,9H,8H2,1-3H3,(H,18,19,20). The maximum Gasteiger partial charge on any atom is 0.143 e. The maximum absolute atomic E-state index is 13.7. The van der Waals surface area contributed by atoms with Crippen molar-refractivity contribution < 1.29 is 4.39 Å². The molecule has 0 aliphatic carbocycles. The van der Waals surface area contributed by atoms with Crippen LogP contribution in [0.5, 0.6) is 0 Å². The highest BCUT2D eigenvalue weighted by atomic mass is 127. The Kier molecular flexibility index (Phi) is 4.91. The fourth-order valence-electron chi connectivity index (χ4n) is 1.95. The van der Waals surface area contributed by atoms with Gasteiger partial charge in [-0.3, -0.25) is 0 Å². The largest absolute Gasteiger partial charge is 0.372 e. The highest BCUT2D eigenvalue weighted by Gasteiger charge is 2.15. The average molecular weight is 385 g/mol. The van der Waals surface area contributed by atoms with E-state index in [9.17, 15) is 4.39 Å². The quantitative estimate of drug-likeness (QED) is 0.810. The van der Waals surface area contributed by atoms with Gasteiger partial charge in [0.05, 0.1) is 9.26 Å². The normalized spacial score (nSPS) is 10.9. The van der Waals surface area contributed by atoms with E-state index in [-0.39, 0.29) is 5.82 Å². The second-order valence-electron chi connectivity index (χ2n) is 4.86. The van der Waals surface area contributed by atoms with Gasteiger partial charge in [0.2, 0.25) is 0 Å². The van der Waals surface area contributed by atoms with Crippen LogP contribution < -0.4 is 5.32 Å². The molecule has 1 aromatic heterocycles. The number of anilines is 1. The summed E-state index contributed by atoms with van der Waals surface area (Å²) in [5, 5.41) is 3.08. The molecule has 0 unspecified atom stereocenters. The van der Waals surface area contributed by atoms with E-state index in [1.54, 1.807) is 12.1 Å². The van der Waals surface area contributed by atoms with Crippen LogP contribution in [-0.2, 0) is 6.42 Å². The van der Waals surface area contributed by atoms with Crippen LogP contribution in [0.25, 0.3) is 0 Å². The second-order valence-corrected chi connectivity index (χ2v) is 5.94. The number of aromatic nitrogens is 2. The number of hydrogen-bond donors (Lipinski definition) is 1. The number of halogens is 2. The molecule has 1 N–H and O–H groups in total. The average Bonchev–Trinajstić information content (AvgIpc) is 2.42. The summed E-state index contributed by atoms with van der Waals surface area (Å²) in [4.78, 5) is 9.07. The number of nitrogens with zero attached hydrogens (tertiary/aromatic N) is 2. The van der Waals surface area contributed by atoms with Crippen molar-refractivity contribution in [1.82, 2.24) is 9.97 Å². The number of hydrogen-bond acceptors (Lipinski definition) is 3. The zero-order valence-corrected chi connectivity index (χ0v) is 13.9. The van der Waals surface area contributed by atoms with Gasteiger partial charge in [-0.05, 0) is 40.1 Å². The van der Waals surface area contributed by atoms with E-state index in [2.05, 4.69) is 51.7 Å². The van der Waals surface area contributed by atoms with Crippen molar-refractivity contribution in [2.45, 2.75) is 26.2 Å². The minimum absolute atomic E-state index is 0.216. The Balaban J connectivity index is 2.42. The Hall–Kier alpha value is -1.24. The van der Waals surface area contributed by atoms with Crippen LogP contribution in [0.2, 0.25) is 0 Å². The van der Waals surface area contributed by atoms with Crippen LogP contribution in [0.4, 0.5) is 10.2 Å². The SMILES string of the molecule is CNc1nc(Cc2ccccc2F)nc(C(C)C)c1I. The van der Waals surface area contributed by atoms with E-state index in [1.165, 1.54) is 6.07 Å². The molecule has 0 radical (unpaired) electrons. The zero-order valence-electron chi connectivity index (χ0n) is 11.7. The topological polar surface area (TPSA) is 37.8 Å². The molecule has 1 aromatic carbocycles. The van der Waals surface area contributed by atoms with E-state index < -0.39 is 0 Å². The molecule has 2 rings (SSSR count). The Bertz CT molecular complexity index is 614. The first-order chi connectivity index (χ1) is 9.52. The van der Waals surface area contributed by atoms with Crippen molar-refractivity contribution in [3.05, 3.63) is 50.7 Å². The van der Waals surface area contributed by atoms with Gasteiger partial charge in [-0.2, -0.15) is 0 Å². The third-order valence-electron chi connectivity index (χ3n) is 3.01. The summed E-state index contributed by atoms with van der Waals surface area (Å²) >= 11 is 2.25. The third kappa shape index (κ3) is 3.26. The molecule has 106 valence electrons. The Morgan fingerprint density at radius 1 is 1.25 bits per heavy atom. The summed E-state index contributed by atoms with van der Waals surface area (Å²) in [6.07, 6.45) is 0.401. The molecule has 0 aliphatic rings. The van der Waals surface area contributed by atoms with E-state index in [0.717, 1.165) is 15.1 Å². The van der Waals surface area contributed by atoms with Crippen LogP contribution in [0.1, 0.15) is 36.8 Å². The first-order valence-electron chi connectivity index (χ1n) is 6.50. The lowest BCUT2D eigenvalue weighted by atomic mass is 10.1. The first kappa shape index (κ1) is 15.2. The molecule has 0 atom stereocenters. The lowest BCUT2D eigenvalue weighted by Gasteiger charge is -2.13. The van der Waals surface area contributed by atoms with Crippen molar-refractivity contribution in [2.24, 2.45) is 0 Å². The molecule has 0 aliphatic heterocycles. The Morgan fingerprint density at radius 3 is 2.55 bits per heavy atom. The number of benzene rings is 1. The van der Waals surface area contributed by atoms with Gasteiger partial charge in [-0.15, -0.1) is 0 Å². The molecule has 1 heterocycles. The molecular weight excluding hydrogens is 368 g/mol. The number of rotatable bonds is 4. The summed E-state index contributed by atoms with van der Waals surface area (Å²) in [5.41, 5.74) is 1.61. The van der Waals surface area contributed by atoms with Gasteiger partial charge in [0.15, 0.2) is 0 Å². The molecule has 2 aromatic rings. The van der Waals surface area contributed by atoms with Crippen LogP contribution in [0, 0.1) is 9.39 Å². The van der Waals surface area contributed by atoms with E-state index >= 15 is 0 Å². The Morgan fingerprint density at radius 2 is 1.95 bits per heavy atom. The van der Waals surface area contributed by atoms with Gasteiger partial charge >= 0.3 is 0 Å². The van der Waals surface area contributed by atoms with Gasteiger partial charge in [-0.25, -0.2) is 14.4 Å². The second kappa shape index (κ2) is 6.47. The number of nitrogens with one attached hydrogen (secondary N) is 1. The van der Waals surface area contributed by atoms with Gasteiger partial charge < -0.3 is 5.32 Å². The van der Waals surface area contributed by atoms with Crippen molar-refractivity contribution in [2.75, 3.05) is 12.4 Å². The fraction of sp³-hybridized carbons (Fsp3) is 0.333. The van der Waals surface area contributed by atoms with Crippen molar-refractivity contribution in [1.29, 1.82) is 0 Å². The van der Waals surface area contributed by atoms with Gasteiger partial charge in [-0.1, -0.05) is 32.0 Å². The molecule has 0 fully saturated rings. The Labute approximate surface area is 132 Å². The third-order valence-corrected chi connectivity index (χ3v) is 4.08. The molecular formula is C15H17FIN3. The molecule has 0 amide bonds. The van der Waals surface area contributed by atoms with Crippen LogP contribution in [0.15, 0.2) is 24.3 Å². The van der Waals surface area contributed by atoms with Gasteiger partial charge in [0.25, 0.3) is 0 Å². The lowest BCUT2D eigenvalue weighted by molar-refractivity contribution is 0.611. The van der Waals surface area contributed by atoms with Gasteiger partial charge in [0, 0.05) is 13.5 Å². The minimum Gasteiger partial charge on any atom is -0.372 e. The van der Waals surface area contributed by atoms with Crippen molar-refractivity contribution >= 4 is 28.4 Å². The molecule has 0 saturated heterocycles. The maximum atomic E-state index is 13.7. The fourth-order valence-corrected chi connectivity index (χ4v) is 3.09. The molecule has 0 saturated carbocycles. The predicted molar refractivity (Wildman–Crippen MR) is 87.6 cm³/mol. The smallest absolute Gasteiger partial charge is 0.143 e. The summed E-state index contributed by atoms with van der Waals surface area (Å²) in [6, 6.07) is 6.74. The van der Waals surface area contributed by atoms with Crippen molar-refractivity contribution in [3.63, 3.8) is 0 Å². The summed E-state index contributed by atoms with van der Waals surface area (Å²) in [5.74, 6) is 1.53. The minimum atomic E-state index is -0.216.